The second kappa shape index (κ2) is 12.6. The molecule has 0 amide bonds. The van der Waals surface area contributed by atoms with Gasteiger partial charge in [0.15, 0.2) is 5.96 Å². The molecule has 3 rings (SSSR count). The van der Waals surface area contributed by atoms with Crippen LogP contribution in [-0.4, -0.2) is 34.9 Å². The van der Waals surface area contributed by atoms with Gasteiger partial charge in [0.25, 0.3) is 0 Å². The Bertz CT molecular complexity index is 699. The molecule has 2 aromatic rings. The first-order valence-electron chi connectivity index (χ1n) is 10.1. The monoisotopic (exact) mass is 497 g/mol. The summed E-state index contributed by atoms with van der Waals surface area (Å²) in [6.07, 6.45) is 10.0. The topological polar surface area (TPSA) is 63.5 Å². The summed E-state index contributed by atoms with van der Waals surface area (Å²) < 4.78 is 8.17. The first-order valence-corrected chi connectivity index (χ1v) is 10.1. The van der Waals surface area contributed by atoms with Gasteiger partial charge in [-0.25, -0.2) is 4.99 Å². The highest BCUT2D eigenvalue weighted by atomic mass is 127. The largest absolute Gasteiger partial charge is 0.490 e. The highest BCUT2D eigenvalue weighted by molar-refractivity contribution is 14.0. The van der Waals surface area contributed by atoms with Crippen molar-refractivity contribution in [1.29, 1.82) is 0 Å². The number of aromatic nitrogens is 2. The highest BCUT2D eigenvalue weighted by Gasteiger charge is 2.17. The summed E-state index contributed by atoms with van der Waals surface area (Å²) in [6, 6.07) is 10.2. The molecule has 7 heteroatoms. The van der Waals surface area contributed by atoms with Crippen LogP contribution in [0.1, 0.15) is 44.6 Å². The van der Waals surface area contributed by atoms with Gasteiger partial charge in [-0.2, -0.15) is 5.10 Å². The number of hydrogen-bond acceptors (Lipinski definition) is 3. The van der Waals surface area contributed by atoms with Crippen molar-refractivity contribution in [2.75, 3.05) is 13.1 Å². The first kappa shape index (κ1) is 22.5. The molecule has 0 atom stereocenters. The molecule has 1 aromatic carbocycles. The van der Waals surface area contributed by atoms with Gasteiger partial charge in [0.2, 0.25) is 0 Å². The Kier molecular flexibility index (Phi) is 10.2. The van der Waals surface area contributed by atoms with Crippen LogP contribution in [0.4, 0.5) is 0 Å². The van der Waals surface area contributed by atoms with E-state index in [1.165, 1.54) is 12.8 Å². The Labute approximate surface area is 185 Å². The Morgan fingerprint density at radius 3 is 2.79 bits per heavy atom. The Balaban J connectivity index is 0.00000280. The summed E-state index contributed by atoms with van der Waals surface area (Å²) in [5, 5.41) is 10.9. The fraction of sp³-hybridized carbons (Fsp3) is 0.524. The Morgan fingerprint density at radius 1 is 1.21 bits per heavy atom. The van der Waals surface area contributed by atoms with E-state index >= 15 is 0 Å². The van der Waals surface area contributed by atoms with Gasteiger partial charge in [0.1, 0.15) is 5.75 Å². The van der Waals surface area contributed by atoms with Crippen molar-refractivity contribution in [2.24, 2.45) is 4.99 Å². The van der Waals surface area contributed by atoms with Crippen molar-refractivity contribution in [3.8, 4) is 5.75 Å². The SMILES string of the molecule is CCNC(=NCc1ccccc1OC1CCCC1)NCCCn1cccn1.I. The molecule has 2 N–H and O–H groups in total. The molecule has 1 aromatic heterocycles. The molecule has 6 nitrogen and oxygen atoms in total. The van der Waals surface area contributed by atoms with Gasteiger partial charge < -0.3 is 15.4 Å². The van der Waals surface area contributed by atoms with E-state index in [0.29, 0.717) is 12.6 Å². The van der Waals surface area contributed by atoms with Crippen molar-refractivity contribution >= 4 is 29.9 Å². The summed E-state index contributed by atoms with van der Waals surface area (Å²) in [5.74, 6) is 1.82. The number of rotatable bonds is 9. The number of nitrogens with one attached hydrogen (secondary N) is 2. The average molecular weight is 497 g/mol. The molecule has 0 unspecified atom stereocenters. The fourth-order valence-corrected chi connectivity index (χ4v) is 3.32. The van der Waals surface area contributed by atoms with Crippen LogP contribution in [0, 0.1) is 0 Å². The summed E-state index contributed by atoms with van der Waals surface area (Å²) in [7, 11) is 0. The Hall–Kier alpha value is -1.77. The predicted octanol–water partition coefficient (Wildman–Crippen LogP) is 3.97. The molecule has 1 heterocycles. The lowest BCUT2D eigenvalue weighted by molar-refractivity contribution is 0.208. The number of aliphatic imine (C=N–C) groups is 1. The first-order chi connectivity index (χ1) is 13.3. The number of benzene rings is 1. The van der Waals surface area contributed by atoms with Crippen LogP contribution in [0.15, 0.2) is 47.7 Å². The molecule has 154 valence electrons. The minimum absolute atomic E-state index is 0. The van der Waals surface area contributed by atoms with E-state index in [0.717, 1.165) is 56.2 Å². The summed E-state index contributed by atoms with van der Waals surface area (Å²) in [6.45, 7) is 5.28. The molecule has 0 saturated heterocycles. The second-order valence-electron chi connectivity index (χ2n) is 6.88. The molecule has 1 aliphatic rings. The van der Waals surface area contributed by atoms with E-state index in [4.69, 9.17) is 9.73 Å². The third kappa shape index (κ3) is 7.33. The van der Waals surface area contributed by atoms with Crippen LogP contribution in [0.3, 0.4) is 0 Å². The maximum atomic E-state index is 6.22. The van der Waals surface area contributed by atoms with Crippen LogP contribution in [0.5, 0.6) is 5.75 Å². The molecular formula is C21H32IN5O. The summed E-state index contributed by atoms with van der Waals surface area (Å²) in [4.78, 5) is 4.75. The van der Waals surface area contributed by atoms with Crippen molar-refractivity contribution < 1.29 is 4.74 Å². The van der Waals surface area contributed by atoms with Crippen molar-refractivity contribution in [3.05, 3.63) is 48.3 Å². The molecule has 28 heavy (non-hydrogen) atoms. The van der Waals surface area contributed by atoms with E-state index in [9.17, 15) is 0 Å². The molecule has 1 saturated carbocycles. The van der Waals surface area contributed by atoms with Gasteiger partial charge in [0, 0.05) is 37.6 Å². The zero-order valence-corrected chi connectivity index (χ0v) is 19.0. The number of halogens is 1. The van der Waals surface area contributed by atoms with Crippen LogP contribution in [0.25, 0.3) is 0 Å². The lowest BCUT2D eigenvalue weighted by Crippen LogP contribution is -2.38. The lowest BCUT2D eigenvalue weighted by atomic mass is 10.2. The molecule has 0 aliphatic heterocycles. The number of ether oxygens (including phenoxy) is 1. The number of nitrogens with zero attached hydrogens (tertiary/aromatic N) is 3. The van der Waals surface area contributed by atoms with Gasteiger partial charge in [-0.05, 0) is 51.2 Å². The van der Waals surface area contributed by atoms with Crippen molar-refractivity contribution in [2.45, 2.75) is 58.2 Å². The third-order valence-electron chi connectivity index (χ3n) is 4.74. The lowest BCUT2D eigenvalue weighted by Gasteiger charge is -2.16. The van der Waals surface area contributed by atoms with Gasteiger partial charge >= 0.3 is 0 Å². The molecule has 0 spiro atoms. The van der Waals surface area contributed by atoms with E-state index in [2.05, 4.69) is 40.9 Å². The van der Waals surface area contributed by atoms with Gasteiger partial charge in [-0.15, -0.1) is 24.0 Å². The quantitative estimate of drug-likeness (QED) is 0.238. The van der Waals surface area contributed by atoms with Gasteiger partial charge in [-0.3, -0.25) is 4.68 Å². The molecule has 1 fully saturated rings. The summed E-state index contributed by atoms with van der Waals surface area (Å²) >= 11 is 0. The van der Waals surface area contributed by atoms with Gasteiger partial charge in [-0.1, -0.05) is 18.2 Å². The standard InChI is InChI=1S/C21H31N5O.HI/c1-2-22-21(23-13-7-15-26-16-8-14-25-26)24-17-18-9-3-6-12-20(18)27-19-10-4-5-11-19;/h3,6,8-9,12,14,16,19H,2,4-5,7,10-11,13,15,17H2,1H3,(H2,22,23,24);1H. The maximum Gasteiger partial charge on any atom is 0.191 e. The minimum atomic E-state index is 0. The zero-order valence-electron chi connectivity index (χ0n) is 16.6. The maximum absolute atomic E-state index is 6.22. The number of hydrogen-bond donors (Lipinski definition) is 2. The molecule has 0 bridgehead atoms. The fourth-order valence-electron chi connectivity index (χ4n) is 3.32. The normalized spacial score (nSPS) is 14.5. The summed E-state index contributed by atoms with van der Waals surface area (Å²) in [5.41, 5.74) is 1.14. The van der Waals surface area contributed by atoms with E-state index in [1.807, 2.05) is 29.2 Å². The second-order valence-corrected chi connectivity index (χ2v) is 6.88. The molecule has 0 radical (unpaired) electrons. The highest BCUT2D eigenvalue weighted by Crippen LogP contribution is 2.26. The van der Waals surface area contributed by atoms with Crippen molar-refractivity contribution in [1.82, 2.24) is 20.4 Å². The van der Waals surface area contributed by atoms with E-state index in [-0.39, 0.29) is 24.0 Å². The number of para-hydroxylation sites is 1. The number of aryl methyl sites for hydroxylation is 1. The van der Waals surface area contributed by atoms with Gasteiger partial charge in [0.05, 0.1) is 12.6 Å². The van der Waals surface area contributed by atoms with Crippen molar-refractivity contribution in [3.63, 3.8) is 0 Å². The van der Waals surface area contributed by atoms with Crippen LogP contribution >= 0.6 is 24.0 Å². The molecular weight excluding hydrogens is 465 g/mol. The van der Waals surface area contributed by atoms with E-state index < -0.39 is 0 Å². The minimum Gasteiger partial charge on any atom is -0.490 e. The van der Waals surface area contributed by atoms with E-state index in [1.54, 1.807) is 0 Å². The Morgan fingerprint density at radius 2 is 2.04 bits per heavy atom. The van der Waals surface area contributed by atoms with Crippen LogP contribution < -0.4 is 15.4 Å². The van der Waals surface area contributed by atoms with Crippen LogP contribution in [0.2, 0.25) is 0 Å². The number of guanidine groups is 1. The average Bonchev–Trinajstić information content (AvgIpc) is 3.38. The third-order valence-corrected chi connectivity index (χ3v) is 4.74. The smallest absolute Gasteiger partial charge is 0.191 e. The zero-order chi connectivity index (χ0) is 18.7. The predicted molar refractivity (Wildman–Crippen MR) is 124 cm³/mol. The van der Waals surface area contributed by atoms with Crippen LogP contribution in [-0.2, 0) is 13.1 Å². The molecule has 1 aliphatic carbocycles.